The standard InChI is InChI=1S/C20H25NO6/c1-19(2,3)26-17(23)14(18(24)27-20(4,5)6)15-12-9-8-11(25-7)10-13(12)16(22)21-15/h8-10H,1-7H3,(H,21,22). The van der Waals surface area contributed by atoms with E-state index in [4.69, 9.17) is 14.2 Å². The lowest BCUT2D eigenvalue weighted by atomic mass is 10.0. The Hall–Kier alpha value is -2.83. The Bertz CT molecular complexity index is 794. The third-order valence-electron chi connectivity index (χ3n) is 3.44. The second kappa shape index (κ2) is 7.06. The molecule has 0 bridgehead atoms. The molecule has 0 unspecified atom stereocenters. The first kappa shape index (κ1) is 20.5. The van der Waals surface area contributed by atoms with Crippen molar-refractivity contribution >= 4 is 23.5 Å². The number of carbonyl (C=O) groups excluding carboxylic acids is 3. The Morgan fingerprint density at radius 2 is 1.41 bits per heavy atom. The molecular formula is C20H25NO6. The number of hydrogen-bond acceptors (Lipinski definition) is 6. The van der Waals surface area contributed by atoms with Crippen LogP contribution in [0.25, 0.3) is 5.70 Å². The van der Waals surface area contributed by atoms with Crippen LogP contribution >= 0.6 is 0 Å². The predicted octanol–water partition coefficient (Wildman–Crippen LogP) is 2.83. The molecule has 0 fully saturated rings. The van der Waals surface area contributed by atoms with E-state index in [0.29, 0.717) is 16.9 Å². The summed E-state index contributed by atoms with van der Waals surface area (Å²) in [6, 6.07) is 4.79. The summed E-state index contributed by atoms with van der Waals surface area (Å²) >= 11 is 0. The van der Waals surface area contributed by atoms with Gasteiger partial charge < -0.3 is 19.5 Å². The van der Waals surface area contributed by atoms with Gasteiger partial charge in [-0.15, -0.1) is 0 Å². The molecule has 0 atom stereocenters. The van der Waals surface area contributed by atoms with Crippen LogP contribution in [0.2, 0.25) is 0 Å². The van der Waals surface area contributed by atoms with E-state index >= 15 is 0 Å². The highest BCUT2D eigenvalue weighted by Crippen LogP contribution is 2.32. The van der Waals surface area contributed by atoms with Gasteiger partial charge in [-0.05, 0) is 59.7 Å². The molecule has 1 heterocycles. The number of esters is 2. The van der Waals surface area contributed by atoms with Gasteiger partial charge in [0.1, 0.15) is 17.0 Å². The van der Waals surface area contributed by atoms with Crippen molar-refractivity contribution in [3.05, 3.63) is 34.9 Å². The summed E-state index contributed by atoms with van der Waals surface area (Å²) in [4.78, 5) is 37.9. The zero-order valence-corrected chi connectivity index (χ0v) is 16.7. The van der Waals surface area contributed by atoms with Crippen molar-refractivity contribution < 1.29 is 28.6 Å². The number of nitrogens with one attached hydrogen (secondary N) is 1. The fraction of sp³-hybridized carbons (Fsp3) is 0.450. The largest absolute Gasteiger partial charge is 0.497 e. The SMILES string of the molecule is COc1ccc2c(c1)C(=O)NC2=C(C(=O)OC(C)(C)C)C(=O)OC(C)(C)C. The molecular weight excluding hydrogens is 350 g/mol. The summed E-state index contributed by atoms with van der Waals surface area (Å²) < 4.78 is 15.9. The lowest BCUT2D eigenvalue weighted by Gasteiger charge is -2.24. The van der Waals surface area contributed by atoms with Gasteiger partial charge in [0, 0.05) is 5.56 Å². The predicted molar refractivity (Wildman–Crippen MR) is 99.1 cm³/mol. The molecule has 1 aliphatic rings. The molecule has 0 aliphatic carbocycles. The highest BCUT2D eigenvalue weighted by Gasteiger charge is 2.37. The van der Waals surface area contributed by atoms with Gasteiger partial charge in [0.05, 0.1) is 18.4 Å². The highest BCUT2D eigenvalue weighted by atomic mass is 16.6. The maximum Gasteiger partial charge on any atom is 0.348 e. The average molecular weight is 375 g/mol. The lowest BCUT2D eigenvalue weighted by molar-refractivity contribution is -0.158. The smallest absolute Gasteiger partial charge is 0.348 e. The Morgan fingerprint density at radius 1 is 0.889 bits per heavy atom. The third kappa shape index (κ3) is 4.87. The molecule has 2 rings (SSSR count). The van der Waals surface area contributed by atoms with Crippen molar-refractivity contribution in [3.63, 3.8) is 0 Å². The van der Waals surface area contributed by atoms with Crippen LogP contribution in [0.4, 0.5) is 0 Å². The molecule has 27 heavy (non-hydrogen) atoms. The normalized spacial score (nSPS) is 13.6. The second-order valence-corrected chi connectivity index (χ2v) is 8.12. The maximum absolute atomic E-state index is 12.8. The molecule has 7 heteroatoms. The first-order valence-electron chi connectivity index (χ1n) is 8.53. The number of methoxy groups -OCH3 is 1. The van der Waals surface area contributed by atoms with Crippen LogP contribution < -0.4 is 10.1 Å². The van der Waals surface area contributed by atoms with Gasteiger partial charge >= 0.3 is 11.9 Å². The first-order chi connectivity index (χ1) is 12.3. The molecule has 146 valence electrons. The molecule has 0 spiro atoms. The number of fused-ring (bicyclic) bond motifs is 1. The number of ether oxygens (including phenoxy) is 3. The topological polar surface area (TPSA) is 90.9 Å². The van der Waals surface area contributed by atoms with Crippen molar-refractivity contribution in [2.24, 2.45) is 0 Å². The Morgan fingerprint density at radius 3 is 1.85 bits per heavy atom. The number of rotatable bonds is 3. The fourth-order valence-electron chi connectivity index (χ4n) is 2.45. The summed E-state index contributed by atoms with van der Waals surface area (Å²) in [6.45, 7) is 10.1. The van der Waals surface area contributed by atoms with Gasteiger partial charge in [-0.3, -0.25) is 4.79 Å². The molecule has 0 saturated carbocycles. The van der Waals surface area contributed by atoms with Crippen LogP contribution in [0.1, 0.15) is 57.5 Å². The molecule has 0 radical (unpaired) electrons. The summed E-state index contributed by atoms with van der Waals surface area (Å²) in [6.07, 6.45) is 0. The minimum Gasteiger partial charge on any atom is -0.497 e. The van der Waals surface area contributed by atoms with E-state index in [2.05, 4.69) is 5.32 Å². The summed E-state index contributed by atoms with van der Waals surface area (Å²) in [5.74, 6) is -1.68. The molecule has 1 N–H and O–H groups in total. The second-order valence-electron chi connectivity index (χ2n) is 8.12. The Balaban J connectivity index is 2.61. The van der Waals surface area contributed by atoms with Gasteiger partial charge in [-0.2, -0.15) is 0 Å². The minimum atomic E-state index is -0.865. The van der Waals surface area contributed by atoms with E-state index in [1.54, 1.807) is 59.7 Å². The van der Waals surface area contributed by atoms with E-state index in [9.17, 15) is 14.4 Å². The minimum absolute atomic E-state index is 0.0705. The average Bonchev–Trinajstić information content (AvgIpc) is 2.80. The van der Waals surface area contributed by atoms with Crippen molar-refractivity contribution in [3.8, 4) is 5.75 Å². The number of benzene rings is 1. The van der Waals surface area contributed by atoms with Gasteiger partial charge in [-0.25, -0.2) is 9.59 Å². The number of hydrogen-bond donors (Lipinski definition) is 1. The molecule has 1 aliphatic heterocycles. The van der Waals surface area contributed by atoms with Crippen molar-refractivity contribution in [1.82, 2.24) is 5.32 Å². The van der Waals surface area contributed by atoms with Crippen molar-refractivity contribution in [2.75, 3.05) is 7.11 Å². The Kier molecular flexibility index (Phi) is 5.35. The van der Waals surface area contributed by atoms with Gasteiger partial charge in [0.2, 0.25) is 0 Å². The maximum atomic E-state index is 12.8. The van der Waals surface area contributed by atoms with Crippen molar-refractivity contribution in [2.45, 2.75) is 52.7 Å². The molecule has 7 nitrogen and oxygen atoms in total. The van der Waals surface area contributed by atoms with Crippen LogP contribution in [0.3, 0.4) is 0 Å². The van der Waals surface area contributed by atoms with Crippen LogP contribution in [-0.4, -0.2) is 36.2 Å². The van der Waals surface area contributed by atoms with E-state index in [1.165, 1.54) is 7.11 Å². The van der Waals surface area contributed by atoms with Crippen LogP contribution in [-0.2, 0) is 19.1 Å². The summed E-state index contributed by atoms with van der Waals surface area (Å²) in [5, 5.41) is 2.59. The van der Waals surface area contributed by atoms with Gasteiger partial charge in [0.25, 0.3) is 5.91 Å². The number of carbonyl (C=O) groups is 3. The molecule has 1 aromatic carbocycles. The van der Waals surface area contributed by atoms with E-state index in [-0.39, 0.29) is 11.3 Å². The number of amides is 1. The van der Waals surface area contributed by atoms with Crippen LogP contribution in [0, 0.1) is 0 Å². The van der Waals surface area contributed by atoms with E-state index < -0.39 is 29.0 Å². The zero-order valence-electron chi connectivity index (χ0n) is 16.7. The Labute approximate surface area is 158 Å². The molecule has 0 aromatic heterocycles. The first-order valence-corrected chi connectivity index (χ1v) is 8.53. The van der Waals surface area contributed by atoms with Gasteiger partial charge in [0.15, 0.2) is 5.57 Å². The lowest BCUT2D eigenvalue weighted by Crippen LogP contribution is -2.33. The third-order valence-corrected chi connectivity index (χ3v) is 3.44. The van der Waals surface area contributed by atoms with Gasteiger partial charge in [-0.1, -0.05) is 0 Å². The molecule has 0 saturated heterocycles. The molecule has 1 amide bonds. The monoisotopic (exact) mass is 375 g/mol. The van der Waals surface area contributed by atoms with E-state index in [1.807, 2.05) is 0 Å². The highest BCUT2D eigenvalue weighted by molar-refractivity contribution is 6.24. The summed E-state index contributed by atoms with van der Waals surface area (Å²) in [7, 11) is 1.48. The van der Waals surface area contributed by atoms with Crippen LogP contribution in [0.15, 0.2) is 23.8 Å². The van der Waals surface area contributed by atoms with E-state index in [0.717, 1.165) is 0 Å². The summed E-state index contributed by atoms with van der Waals surface area (Å²) in [5.41, 5.74) is -1.22. The molecule has 1 aromatic rings. The fourth-order valence-corrected chi connectivity index (χ4v) is 2.45. The van der Waals surface area contributed by atoms with Crippen LogP contribution in [0.5, 0.6) is 5.75 Å². The van der Waals surface area contributed by atoms with Crippen molar-refractivity contribution in [1.29, 1.82) is 0 Å². The quantitative estimate of drug-likeness (QED) is 0.378. The zero-order chi connectivity index (χ0) is 20.6.